The maximum atomic E-state index is 5.95. The Bertz CT molecular complexity index is 126. The van der Waals surface area contributed by atoms with E-state index >= 15 is 0 Å². The van der Waals surface area contributed by atoms with Crippen molar-refractivity contribution < 1.29 is 4.74 Å². The molecule has 12 heavy (non-hydrogen) atoms. The first kappa shape index (κ1) is 10.3. The van der Waals surface area contributed by atoms with E-state index in [0.717, 1.165) is 25.0 Å². The van der Waals surface area contributed by atoms with Gasteiger partial charge in [0.15, 0.2) is 0 Å². The summed E-state index contributed by atoms with van der Waals surface area (Å²) in [4.78, 5) is 0. The fourth-order valence-electron chi connectivity index (χ4n) is 1.73. The summed E-state index contributed by atoms with van der Waals surface area (Å²) in [6.07, 6.45) is 3.63. The van der Waals surface area contributed by atoms with Crippen LogP contribution in [0.2, 0.25) is 0 Å². The number of halogens is 1. The summed E-state index contributed by atoms with van der Waals surface area (Å²) in [6.45, 7) is 6.40. The summed E-state index contributed by atoms with van der Waals surface area (Å²) in [5, 5.41) is 0. The third-order valence-electron chi connectivity index (χ3n) is 2.98. The van der Waals surface area contributed by atoms with Crippen molar-refractivity contribution in [3.05, 3.63) is 0 Å². The van der Waals surface area contributed by atoms with Gasteiger partial charge in [-0.2, -0.15) is 0 Å². The van der Waals surface area contributed by atoms with Crippen LogP contribution >= 0.6 is 11.6 Å². The Kier molecular flexibility index (Phi) is 3.85. The zero-order valence-electron chi connectivity index (χ0n) is 8.11. The van der Waals surface area contributed by atoms with E-state index in [-0.39, 0.29) is 0 Å². The molecule has 2 heteroatoms. The second kappa shape index (κ2) is 4.48. The normalized spacial score (nSPS) is 28.8. The lowest BCUT2D eigenvalue weighted by atomic mass is 9.80. The van der Waals surface area contributed by atoms with Crippen LogP contribution in [0.15, 0.2) is 0 Å². The average Bonchev–Trinajstić information content (AvgIpc) is 2.57. The molecule has 2 atom stereocenters. The second-order valence-electron chi connectivity index (χ2n) is 4.23. The van der Waals surface area contributed by atoms with E-state index in [1.807, 2.05) is 0 Å². The molecule has 72 valence electrons. The number of rotatable bonds is 4. The highest BCUT2D eigenvalue weighted by atomic mass is 35.5. The molecular formula is C10H19ClO. The Morgan fingerprint density at radius 3 is 2.75 bits per heavy atom. The summed E-state index contributed by atoms with van der Waals surface area (Å²) in [5.41, 5.74) is 0.333. The van der Waals surface area contributed by atoms with Crippen molar-refractivity contribution in [2.45, 2.75) is 33.1 Å². The summed E-state index contributed by atoms with van der Waals surface area (Å²) >= 11 is 5.95. The van der Waals surface area contributed by atoms with Gasteiger partial charge in [0, 0.05) is 19.1 Å². The lowest BCUT2D eigenvalue weighted by Crippen LogP contribution is -2.22. The van der Waals surface area contributed by atoms with Crippen LogP contribution < -0.4 is 0 Å². The van der Waals surface area contributed by atoms with Crippen molar-refractivity contribution in [1.82, 2.24) is 0 Å². The fraction of sp³-hybridized carbons (Fsp3) is 1.00. The maximum absolute atomic E-state index is 5.95. The van der Waals surface area contributed by atoms with Gasteiger partial charge in [0.1, 0.15) is 0 Å². The first-order valence-corrected chi connectivity index (χ1v) is 5.37. The van der Waals surface area contributed by atoms with Gasteiger partial charge < -0.3 is 4.74 Å². The molecule has 1 nitrogen and oxygen atoms in total. The van der Waals surface area contributed by atoms with E-state index in [1.165, 1.54) is 19.3 Å². The third-order valence-corrected chi connectivity index (χ3v) is 3.63. The van der Waals surface area contributed by atoms with Gasteiger partial charge in [-0.15, -0.1) is 11.6 Å². The van der Waals surface area contributed by atoms with Crippen LogP contribution in [-0.4, -0.2) is 19.1 Å². The van der Waals surface area contributed by atoms with Gasteiger partial charge in [0.05, 0.1) is 0 Å². The molecule has 1 aliphatic rings. The van der Waals surface area contributed by atoms with Crippen molar-refractivity contribution in [1.29, 1.82) is 0 Å². The molecular weight excluding hydrogens is 172 g/mol. The Balaban J connectivity index is 2.35. The van der Waals surface area contributed by atoms with Gasteiger partial charge in [0.2, 0.25) is 0 Å². The lowest BCUT2D eigenvalue weighted by molar-refractivity contribution is 0.169. The molecule has 0 aromatic heterocycles. The highest BCUT2D eigenvalue weighted by Gasteiger charge is 2.27. The number of hydrogen-bond donors (Lipinski definition) is 0. The first-order valence-electron chi connectivity index (χ1n) is 4.84. The maximum Gasteiger partial charge on any atom is 0.0495 e. The van der Waals surface area contributed by atoms with Gasteiger partial charge in [-0.3, -0.25) is 0 Å². The smallest absolute Gasteiger partial charge is 0.0495 e. The predicted octanol–water partition coefficient (Wildman–Crippen LogP) is 3.07. The van der Waals surface area contributed by atoms with E-state index in [0.29, 0.717) is 5.41 Å². The molecule has 1 fully saturated rings. The van der Waals surface area contributed by atoms with Crippen molar-refractivity contribution in [3.63, 3.8) is 0 Å². The van der Waals surface area contributed by atoms with Gasteiger partial charge in [0.25, 0.3) is 0 Å². The molecule has 0 amide bonds. The topological polar surface area (TPSA) is 9.23 Å². The largest absolute Gasteiger partial charge is 0.381 e. The molecule has 0 N–H and O–H groups in total. The van der Waals surface area contributed by atoms with Crippen LogP contribution in [-0.2, 0) is 4.74 Å². The van der Waals surface area contributed by atoms with Crippen LogP contribution in [0.4, 0.5) is 0 Å². The van der Waals surface area contributed by atoms with Crippen LogP contribution in [0, 0.1) is 11.3 Å². The zero-order chi connectivity index (χ0) is 9.03. The Morgan fingerprint density at radius 1 is 1.58 bits per heavy atom. The Labute approximate surface area is 80.4 Å². The third kappa shape index (κ3) is 2.63. The fourth-order valence-corrected chi connectivity index (χ4v) is 2.03. The summed E-state index contributed by atoms with van der Waals surface area (Å²) < 4.78 is 5.35. The molecule has 0 aromatic rings. The molecule has 1 saturated heterocycles. The molecule has 2 unspecified atom stereocenters. The predicted molar refractivity (Wildman–Crippen MR) is 52.7 cm³/mol. The van der Waals surface area contributed by atoms with E-state index in [9.17, 15) is 0 Å². The van der Waals surface area contributed by atoms with Gasteiger partial charge in [-0.25, -0.2) is 0 Å². The van der Waals surface area contributed by atoms with E-state index in [2.05, 4.69) is 13.8 Å². The molecule has 0 aliphatic carbocycles. The van der Waals surface area contributed by atoms with Crippen LogP contribution in [0.5, 0.6) is 0 Å². The number of alkyl halides is 1. The molecule has 1 rings (SSSR count). The quantitative estimate of drug-likeness (QED) is 0.620. The SMILES string of the molecule is CCC(C)(CCl)CC1CCOC1. The zero-order valence-corrected chi connectivity index (χ0v) is 8.86. The minimum atomic E-state index is 0.333. The Morgan fingerprint density at radius 2 is 2.33 bits per heavy atom. The van der Waals surface area contributed by atoms with Crippen LogP contribution in [0.25, 0.3) is 0 Å². The minimum absolute atomic E-state index is 0.333. The molecule has 0 radical (unpaired) electrons. The first-order chi connectivity index (χ1) is 5.70. The van der Waals surface area contributed by atoms with Crippen molar-refractivity contribution in [2.75, 3.05) is 19.1 Å². The summed E-state index contributed by atoms with van der Waals surface area (Å²) in [7, 11) is 0. The molecule has 1 aliphatic heterocycles. The molecule has 0 spiro atoms. The highest BCUT2D eigenvalue weighted by Crippen LogP contribution is 2.34. The minimum Gasteiger partial charge on any atom is -0.381 e. The van der Waals surface area contributed by atoms with E-state index in [1.54, 1.807) is 0 Å². The molecule has 0 saturated carbocycles. The number of hydrogen-bond acceptors (Lipinski definition) is 1. The second-order valence-corrected chi connectivity index (χ2v) is 4.50. The summed E-state index contributed by atoms with van der Waals surface area (Å²) in [5.74, 6) is 1.54. The van der Waals surface area contributed by atoms with E-state index < -0.39 is 0 Å². The summed E-state index contributed by atoms with van der Waals surface area (Å²) in [6, 6.07) is 0. The highest BCUT2D eigenvalue weighted by molar-refractivity contribution is 6.18. The molecule has 0 aromatic carbocycles. The van der Waals surface area contributed by atoms with E-state index in [4.69, 9.17) is 16.3 Å². The van der Waals surface area contributed by atoms with Crippen molar-refractivity contribution >= 4 is 11.6 Å². The molecule has 0 bridgehead atoms. The van der Waals surface area contributed by atoms with Gasteiger partial charge in [-0.1, -0.05) is 13.8 Å². The Hall–Kier alpha value is 0.250. The van der Waals surface area contributed by atoms with Crippen molar-refractivity contribution in [2.24, 2.45) is 11.3 Å². The van der Waals surface area contributed by atoms with Gasteiger partial charge in [-0.05, 0) is 30.6 Å². The lowest BCUT2D eigenvalue weighted by Gasteiger charge is -2.28. The van der Waals surface area contributed by atoms with Crippen molar-refractivity contribution in [3.8, 4) is 0 Å². The van der Waals surface area contributed by atoms with Gasteiger partial charge >= 0.3 is 0 Å². The number of ether oxygens (including phenoxy) is 1. The standard InChI is InChI=1S/C10H19ClO/c1-3-10(2,8-11)6-9-4-5-12-7-9/h9H,3-8H2,1-2H3. The average molecular weight is 191 g/mol. The monoisotopic (exact) mass is 190 g/mol. The molecule has 1 heterocycles. The van der Waals surface area contributed by atoms with Crippen LogP contribution in [0.1, 0.15) is 33.1 Å². The van der Waals surface area contributed by atoms with Crippen LogP contribution in [0.3, 0.4) is 0 Å².